The van der Waals surface area contributed by atoms with Crippen molar-refractivity contribution in [1.29, 1.82) is 10.8 Å². The average Bonchev–Trinajstić information content (AvgIpc) is 2.80. The minimum atomic E-state index is 0.702. The van der Waals surface area contributed by atoms with Gasteiger partial charge in [0.1, 0.15) is 0 Å². The van der Waals surface area contributed by atoms with Crippen LogP contribution in [0.4, 0.5) is 0 Å². The molecule has 0 saturated carbocycles. The van der Waals surface area contributed by atoms with Gasteiger partial charge in [0.25, 0.3) is 0 Å². The van der Waals surface area contributed by atoms with Crippen LogP contribution >= 0.6 is 0 Å². The van der Waals surface area contributed by atoms with Gasteiger partial charge >= 0.3 is 0 Å². The summed E-state index contributed by atoms with van der Waals surface area (Å²) in [5.74, 6) is 0. The Kier molecular flexibility index (Phi) is 7.94. The maximum absolute atomic E-state index is 7.96. The van der Waals surface area contributed by atoms with Crippen LogP contribution in [0.5, 0.6) is 0 Å². The van der Waals surface area contributed by atoms with E-state index in [-0.39, 0.29) is 0 Å². The van der Waals surface area contributed by atoms with E-state index < -0.39 is 0 Å². The predicted molar refractivity (Wildman–Crippen MR) is 133 cm³/mol. The molecule has 3 aromatic carbocycles. The molecule has 0 aliphatic rings. The highest BCUT2D eigenvalue weighted by atomic mass is 14.4. The zero-order valence-electron chi connectivity index (χ0n) is 19.1. The Morgan fingerprint density at radius 1 is 0.548 bits per heavy atom. The summed E-state index contributed by atoms with van der Waals surface area (Å²) in [6.45, 7) is 6.24. The fraction of sp³-hybridized carbons (Fsp3) is 0.310. The Hall–Kier alpha value is -3.00. The van der Waals surface area contributed by atoms with Crippen LogP contribution in [-0.4, -0.2) is 11.4 Å². The molecule has 2 nitrogen and oxygen atoms in total. The van der Waals surface area contributed by atoms with Gasteiger partial charge in [0.05, 0.1) is 0 Å². The standard InChI is InChI=1S/C29H34N2/c1-4-28(30)26-14-10-22(11-15-26)6-8-24-18-21(3)19-25(20-24)9-7-23-12-16-27(17-13-23)29(31)5-2/h10-20,30-31H,4-9H2,1-3H3. The summed E-state index contributed by atoms with van der Waals surface area (Å²) in [6.07, 6.45) is 5.66. The van der Waals surface area contributed by atoms with Crippen molar-refractivity contribution in [2.45, 2.75) is 59.3 Å². The highest BCUT2D eigenvalue weighted by Crippen LogP contribution is 2.17. The minimum Gasteiger partial charge on any atom is -0.305 e. The molecule has 3 rings (SSSR count). The van der Waals surface area contributed by atoms with Gasteiger partial charge in [-0.1, -0.05) is 86.1 Å². The molecular weight excluding hydrogens is 376 g/mol. The molecule has 0 atom stereocenters. The molecule has 0 aliphatic heterocycles. The maximum Gasteiger partial charge on any atom is 0.0383 e. The number of hydrogen-bond donors (Lipinski definition) is 2. The molecule has 0 bridgehead atoms. The van der Waals surface area contributed by atoms with E-state index in [0.717, 1.165) is 49.7 Å². The van der Waals surface area contributed by atoms with Crippen molar-refractivity contribution in [2.75, 3.05) is 0 Å². The van der Waals surface area contributed by atoms with Crippen LogP contribution in [0.1, 0.15) is 65.6 Å². The largest absolute Gasteiger partial charge is 0.305 e. The Labute approximate surface area is 187 Å². The first kappa shape index (κ1) is 22.7. The molecule has 0 saturated heterocycles. The fourth-order valence-corrected chi connectivity index (χ4v) is 3.97. The third-order valence-electron chi connectivity index (χ3n) is 5.91. The maximum atomic E-state index is 7.96. The second-order valence-corrected chi connectivity index (χ2v) is 8.38. The predicted octanol–water partition coefficient (Wildman–Crippen LogP) is 7.12. The molecule has 3 aromatic rings. The van der Waals surface area contributed by atoms with Crippen molar-refractivity contribution in [3.63, 3.8) is 0 Å². The summed E-state index contributed by atoms with van der Waals surface area (Å²) in [7, 11) is 0. The molecule has 0 unspecified atom stereocenters. The van der Waals surface area contributed by atoms with Crippen LogP contribution in [-0.2, 0) is 25.7 Å². The van der Waals surface area contributed by atoms with Crippen LogP contribution in [0.2, 0.25) is 0 Å². The summed E-state index contributed by atoms with van der Waals surface area (Å²) >= 11 is 0. The molecule has 0 heterocycles. The van der Waals surface area contributed by atoms with E-state index in [1.54, 1.807) is 0 Å². The number of aryl methyl sites for hydroxylation is 5. The first-order valence-corrected chi connectivity index (χ1v) is 11.4. The van der Waals surface area contributed by atoms with Crippen LogP contribution in [0.25, 0.3) is 0 Å². The van der Waals surface area contributed by atoms with Crippen LogP contribution in [0.15, 0.2) is 66.7 Å². The first-order chi connectivity index (χ1) is 15.0. The molecule has 0 radical (unpaired) electrons. The lowest BCUT2D eigenvalue weighted by Crippen LogP contribution is -1.99. The third kappa shape index (κ3) is 6.49. The number of nitrogens with one attached hydrogen (secondary N) is 2. The molecule has 0 spiro atoms. The van der Waals surface area contributed by atoms with Gasteiger partial charge < -0.3 is 10.8 Å². The lowest BCUT2D eigenvalue weighted by atomic mass is 9.96. The molecule has 0 fully saturated rings. The van der Waals surface area contributed by atoms with E-state index in [2.05, 4.69) is 73.7 Å². The summed E-state index contributed by atoms with van der Waals surface area (Å²) in [4.78, 5) is 0. The van der Waals surface area contributed by atoms with Crippen molar-refractivity contribution < 1.29 is 0 Å². The van der Waals surface area contributed by atoms with Gasteiger partial charge in [-0.2, -0.15) is 0 Å². The molecular formula is C29H34N2. The highest BCUT2D eigenvalue weighted by molar-refractivity contribution is 5.98. The van der Waals surface area contributed by atoms with Gasteiger partial charge in [-0.15, -0.1) is 0 Å². The monoisotopic (exact) mass is 410 g/mol. The Morgan fingerprint density at radius 2 is 0.903 bits per heavy atom. The second kappa shape index (κ2) is 10.9. The highest BCUT2D eigenvalue weighted by Gasteiger charge is 2.04. The van der Waals surface area contributed by atoms with Gasteiger partial charge in [-0.3, -0.25) is 0 Å². The topological polar surface area (TPSA) is 47.7 Å². The van der Waals surface area contributed by atoms with E-state index in [9.17, 15) is 0 Å². The minimum absolute atomic E-state index is 0.702. The lowest BCUT2D eigenvalue weighted by Gasteiger charge is -2.10. The molecule has 160 valence electrons. The molecule has 0 aromatic heterocycles. The van der Waals surface area contributed by atoms with Gasteiger partial charge in [-0.25, -0.2) is 0 Å². The van der Waals surface area contributed by atoms with Gasteiger partial charge in [0.2, 0.25) is 0 Å². The van der Waals surface area contributed by atoms with Crippen molar-refractivity contribution in [3.8, 4) is 0 Å². The summed E-state index contributed by atoms with van der Waals surface area (Å²) in [5, 5.41) is 15.9. The van der Waals surface area contributed by atoms with Crippen molar-refractivity contribution in [3.05, 3.63) is 106 Å². The second-order valence-electron chi connectivity index (χ2n) is 8.38. The quantitative estimate of drug-likeness (QED) is 0.334. The van der Waals surface area contributed by atoms with Crippen LogP contribution < -0.4 is 0 Å². The smallest absolute Gasteiger partial charge is 0.0383 e. The van der Waals surface area contributed by atoms with E-state index >= 15 is 0 Å². The SMILES string of the molecule is CCC(=N)c1ccc(CCc2cc(C)cc(CCc3ccc(C(=N)CC)cc3)c2)cc1. The normalized spacial score (nSPS) is 10.8. The lowest BCUT2D eigenvalue weighted by molar-refractivity contribution is 0.926. The summed E-state index contributed by atoms with van der Waals surface area (Å²) in [6, 6.07) is 23.9. The van der Waals surface area contributed by atoms with Gasteiger partial charge in [0.15, 0.2) is 0 Å². The Morgan fingerprint density at radius 3 is 1.26 bits per heavy atom. The molecule has 31 heavy (non-hydrogen) atoms. The number of benzene rings is 3. The molecule has 2 heteroatoms. The zero-order chi connectivity index (χ0) is 22.2. The van der Waals surface area contributed by atoms with E-state index in [1.165, 1.54) is 27.8 Å². The number of rotatable bonds is 10. The van der Waals surface area contributed by atoms with Crippen molar-refractivity contribution in [1.82, 2.24) is 0 Å². The Bertz CT molecular complexity index is 946. The van der Waals surface area contributed by atoms with Gasteiger partial charge in [0, 0.05) is 11.4 Å². The molecule has 0 amide bonds. The van der Waals surface area contributed by atoms with Gasteiger partial charge in [-0.05, 0) is 78.8 Å². The van der Waals surface area contributed by atoms with Crippen LogP contribution in [0, 0.1) is 17.7 Å². The fourth-order valence-electron chi connectivity index (χ4n) is 3.97. The molecule has 0 aliphatic carbocycles. The number of hydrogen-bond acceptors (Lipinski definition) is 2. The molecule has 2 N–H and O–H groups in total. The van der Waals surface area contributed by atoms with Crippen LogP contribution in [0.3, 0.4) is 0 Å². The first-order valence-electron chi connectivity index (χ1n) is 11.4. The summed E-state index contributed by atoms with van der Waals surface area (Å²) < 4.78 is 0. The summed E-state index contributed by atoms with van der Waals surface area (Å²) in [5.41, 5.74) is 10.2. The average molecular weight is 411 g/mol. The van der Waals surface area contributed by atoms with E-state index in [1.807, 2.05) is 13.8 Å². The zero-order valence-corrected chi connectivity index (χ0v) is 19.1. The van der Waals surface area contributed by atoms with E-state index in [4.69, 9.17) is 10.8 Å². The van der Waals surface area contributed by atoms with E-state index in [0.29, 0.717) is 11.4 Å². The van der Waals surface area contributed by atoms with Crippen molar-refractivity contribution >= 4 is 11.4 Å². The van der Waals surface area contributed by atoms with Crippen molar-refractivity contribution in [2.24, 2.45) is 0 Å². The Balaban J connectivity index is 1.59. The third-order valence-corrected chi connectivity index (χ3v) is 5.91.